The van der Waals surface area contributed by atoms with Crippen molar-refractivity contribution >= 4 is 0 Å². The summed E-state index contributed by atoms with van der Waals surface area (Å²) in [4.78, 5) is 0. The molecule has 1 spiro atoms. The molecule has 0 saturated carbocycles. The summed E-state index contributed by atoms with van der Waals surface area (Å²) < 4.78 is 0. The molecule has 2 aromatic rings. The lowest BCUT2D eigenvalue weighted by Crippen LogP contribution is -2.22. The molecule has 0 aromatic heterocycles. The third kappa shape index (κ3) is 1.10. The van der Waals surface area contributed by atoms with E-state index in [0.29, 0.717) is 0 Å². The number of hydrogen-bond donors (Lipinski definition) is 0. The molecule has 0 heteroatoms. The number of hydrogen-bond acceptors (Lipinski definition) is 0. The number of benzene rings is 2. The van der Waals surface area contributed by atoms with Crippen LogP contribution in [0, 0.1) is 0 Å². The molecule has 0 radical (unpaired) electrons. The molecule has 2 aliphatic rings. The number of allylic oxidation sites excluding steroid dienone is 4. The first kappa shape index (κ1) is 9.90. The smallest absolute Gasteiger partial charge is 0.0431 e. The predicted octanol–water partition coefficient (Wildman–Crippen LogP) is 4.47. The van der Waals surface area contributed by atoms with Gasteiger partial charge in [-0.15, -0.1) is 0 Å². The highest BCUT2D eigenvalue weighted by molar-refractivity contribution is 5.82. The van der Waals surface area contributed by atoms with Crippen LogP contribution in [0.1, 0.15) is 17.5 Å². The van der Waals surface area contributed by atoms with Crippen molar-refractivity contribution in [3.8, 4) is 11.1 Å². The summed E-state index contributed by atoms with van der Waals surface area (Å²) in [6, 6.07) is 17.6. The monoisotopic (exact) mass is 230 g/mol. The maximum Gasteiger partial charge on any atom is 0.0431 e. The summed E-state index contributed by atoms with van der Waals surface area (Å²) in [7, 11) is 0. The third-order valence-electron chi connectivity index (χ3n) is 4.17. The zero-order chi connectivity index (χ0) is 12.0. The molecule has 0 saturated heterocycles. The minimum atomic E-state index is 0.0714. The van der Waals surface area contributed by atoms with Crippen LogP contribution in [0.2, 0.25) is 0 Å². The molecule has 4 rings (SSSR count). The average Bonchev–Trinajstić information content (AvgIpc) is 2.72. The van der Waals surface area contributed by atoms with Crippen molar-refractivity contribution in [3.63, 3.8) is 0 Å². The summed E-state index contributed by atoms with van der Waals surface area (Å²) >= 11 is 0. The minimum absolute atomic E-state index is 0.0714. The van der Waals surface area contributed by atoms with Crippen molar-refractivity contribution in [2.24, 2.45) is 0 Å². The lowest BCUT2D eigenvalue weighted by molar-refractivity contribution is 0.666. The van der Waals surface area contributed by atoms with E-state index in [2.05, 4.69) is 72.8 Å². The summed E-state index contributed by atoms with van der Waals surface area (Å²) in [6.45, 7) is 0. The highest BCUT2D eigenvalue weighted by Gasteiger charge is 2.40. The molecule has 0 fully saturated rings. The molecule has 2 aliphatic carbocycles. The molecular weight excluding hydrogens is 216 g/mol. The van der Waals surface area contributed by atoms with Crippen LogP contribution in [0.3, 0.4) is 0 Å². The van der Waals surface area contributed by atoms with Gasteiger partial charge in [-0.25, -0.2) is 0 Å². The van der Waals surface area contributed by atoms with Crippen LogP contribution in [0.25, 0.3) is 11.1 Å². The summed E-state index contributed by atoms with van der Waals surface area (Å²) in [5, 5.41) is 0. The number of fused-ring (bicyclic) bond motifs is 5. The van der Waals surface area contributed by atoms with Gasteiger partial charge in [-0.05, 0) is 28.7 Å². The lowest BCUT2D eigenvalue weighted by Gasteiger charge is -2.29. The van der Waals surface area contributed by atoms with E-state index in [0.717, 1.165) is 6.42 Å². The molecule has 0 bridgehead atoms. The van der Waals surface area contributed by atoms with Gasteiger partial charge in [0.1, 0.15) is 0 Å². The SMILES string of the molecule is C1=CCC2(C=C1)c1ccccc1-c1ccccc12. The van der Waals surface area contributed by atoms with Crippen molar-refractivity contribution < 1.29 is 0 Å². The van der Waals surface area contributed by atoms with Crippen molar-refractivity contribution in [3.05, 3.63) is 84.0 Å². The van der Waals surface area contributed by atoms with Crippen molar-refractivity contribution in [2.75, 3.05) is 0 Å². The molecule has 86 valence electrons. The Morgan fingerprint density at radius 3 is 1.89 bits per heavy atom. The van der Waals surface area contributed by atoms with E-state index in [1.807, 2.05) is 0 Å². The van der Waals surface area contributed by atoms with Crippen LogP contribution < -0.4 is 0 Å². The van der Waals surface area contributed by atoms with E-state index < -0.39 is 0 Å². The van der Waals surface area contributed by atoms with Crippen molar-refractivity contribution in [2.45, 2.75) is 11.8 Å². The molecule has 0 N–H and O–H groups in total. The molecule has 0 heterocycles. The summed E-state index contributed by atoms with van der Waals surface area (Å²) in [5.41, 5.74) is 5.77. The van der Waals surface area contributed by atoms with Crippen LogP contribution in [0.5, 0.6) is 0 Å². The maximum atomic E-state index is 2.36. The largest absolute Gasteiger partial charge is 0.0830 e. The molecule has 0 nitrogen and oxygen atoms in total. The van der Waals surface area contributed by atoms with Gasteiger partial charge in [0.25, 0.3) is 0 Å². The first-order valence-corrected chi connectivity index (χ1v) is 6.46. The van der Waals surface area contributed by atoms with Gasteiger partial charge in [0.15, 0.2) is 0 Å². The third-order valence-corrected chi connectivity index (χ3v) is 4.17. The van der Waals surface area contributed by atoms with Crippen LogP contribution >= 0.6 is 0 Å². The molecule has 0 aliphatic heterocycles. The quantitative estimate of drug-likeness (QED) is 0.626. The summed E-state index contributed by atoms with van der Waals surface area (Å²) in [6.07, 6.45) is 10.0. The van der Waals surface area contributed by atoms with Gasteiger partial charge in [0.05, 0.1) is 0 Å². The topological polar surface area (TPSA) is 0 Å². The Morgan fingerprint density at radius 2 is 1.33 bits per heavy atom. The Morgan fingerprint density at radius 1 is 0.722 bits per heavy atom. The molecular formula is C18H14. The van der Waals surface area contributed by atoms with Gasteiger partial charge in [-0.3, -0.25) is 0 Å². The molecule has 0 unspecified atom stereocenters. The second-order valence-corrected chi connectivity index (χ2v) is 5.05. The number of rotatable bonds is 0. The molecule has 2 aromatic carbocycles. The van der Waals surface area contributed by atoms with Crippen LogP contribution in [0.15, 0.2) is 72.8 Å². The maximum absolute atomic E-state index is 2.36. The Balaban J connectivity index is 2.10. The van der Waals surface area contributed by atoms with E-state index >= 15 is 0 Å². The first-order chi connectivity index (χ1) is 8.92. The van der Waals surface area contributed by atoms with Gasteiger partial charge < -0.3 is 0 Å². The van der Waals surface area contributed by atoms with Gasteiger partial charge in [-0.1, -0.05) is 72.8 Å². The minimum Gasteiger partial charge on any atom is -0.0830 e. The van der Waals surface area contributed by atoms with Crippen LogP contribution in [0.4, 0.5) is 0 Å². The van der Waals surface area contributed by atoms with E-state index in [1.54, 1.807) is 0 Å². The fraction of sp³-hybridized carbons (Fsp3) is 0.111. The second-order valence-electron chi connectivity index (χ2n) is 5.05. The Labute approximate surface area is 107 Å². The first-order valence-electron chi connectivity index (χ1n) is 6.46. The van der Waals surface area contributed by atoms with Gasteiger partial charge in [0, 0.05) is 5.41 Å². The van der Waals surface area contributed by atoms with Gasteiger partial charge >= 0.3 is 0 Å². The standard InChI is InChI=1S/C18H14/c1-6-12-18(13-7-1)16-10-4-2-8-14(16)15-9-3-5-11-17(15)18/h1-12H,13H2. The lowest BCUT2D eigenvalue weighted by atomic mass is 9.73. The zero-order valence-corrected chi connectivity index (χ0v) is 10.1. The average molecular weight is 230 g/mol. The van der Waals surface area contributed by atoms with E-state index in [4.69, 9.17) is 0 Å². The van der Waals surface area contributed by atoms with Crippen LogP contribution in [-0.4, -0.2) is 0 Å². The Kier molecular flexibility index (Phi) is 1.90. The normalized spacial score (nSPS) is 17.8. The molecule has 0 amide bonds. The second kappa shape index (κ2) is 3.46. The van der Waals surface area contributed by atoms with Crippen molar-refractivity contribution in [1.82, 2.24) is 0 Å². The van der Waals surface area contributed by atoms with E-state index in [9.17, 15) is 0 Å². The summed E-state index contributed by atoms with van der Waals surface area (Å²) in [5.74, 6) is 0. The molecule has 18 heavy (non-hydrogen) atoms. The fourth-order valence-corrected chi connectivity index (χ4v) is 3.38. The Bertz CT molecular complexity index is 628. The highest BCUT2D eigenvalue weighted by atomic mass is 14.4. The van der Waals surface area contributed by atoms with Gasteiger partial charge in [-0.2, -0.15) is 0 Å². The van der Waals surface area contributed by atoms with Crippen molar-refractivity contribution in [1.29, 1.82) is 0 Å². The van der Waals surface area contributed by atoms with Gasteiger partial charge in [0.2, 0.25) is 0 Å². The van der Waals surface area contributed by atoms with E-state index in [-0.39, 0.29) is 5.41 Å². The molecule has 0 atom stereocenters. The fourth-order valence-electron chi connectivity index (χ4n) is 3.38. The Hall–Kier alpha value is -2.08. The zero-order valence-electron chi connectivity index (χ0n) is 10.1. The highest BCUT2D eigenvalue weighted by Crippen LogP contribution is 2.52. The van der Waals surface area contributed by atoms with E-state index in [1.165, 1.54) is 22.3 Å². The predicted molar refractivity (Wildman–Crippen MR) is 75.6 cm³/mol. The van der Waals surface area contributed by atoms with Crippen LogP contribution in [-0.2, 0) is 5.41 Å².